The molecule has 2 aromatic rings. The molecule has 0 saturated carbocycles. The van der Waals surface area contributed by atoms with Crippen LogP contribution in [-0.4, -0.2) is 19.1 Å². The monoisotopic (exact) mass is 377 g/mol. The van der Waals surface area contributed by atoms with Gasteiger partial charge in [0, 0.05) is 13.0 Å². The summed E-state index contributed by atoms with van der Waals surface area (Å²) in [4.78, 5) is 11.8. The van der Waals surface area contributed by atoms with E-state index in [4.69, 9.17) is 10.00 Å². The first-order valence-electron chi connectivity index (χ1n) is 8.24. The molecule has 27 heavy (non-hydrogen) atoms. The maximum atomic E-state index is 13.5. The van der Waals surface area contributed by atoms with E-state index >= 15 is 0 Å². The van der Waals surface area contributed by atoms with Crippen LogP contribution in [-0.2, 0) is 11.3 Å². The van der Waals surface area contributed by atoms with Gasteiger partial charge < -0.3 is 15.4 Å². The smallest absolute Gasteiger partial charge is 0.238 e. The van der Waals surface area contributed by atoms with E-state index in [0.29, 0.717) is 31.7 Å². The number of anilines is 1. The Hall–Kier alpha value is -3.05. The predicted molar refractivity (Wildman–Crippen MR) is 93.4 cm³/mol. The minimum atomic E-state index is -1.63. The Labute approximate surface area is 154 Å². The molecule has 2 N–H and O–H groups in total. The normalized spacial score (nSPS) is 10.3. The van der Waals surface area contributed by atoms with Gasteiger partial charge in [0.25, 0.3) is 0 Å². The Balaban J connectivity index is 1.80. The van der Waals surface area contributed by atoms with Crippen molar-refractivity contribution < 1.29 is 22.7 Å². The third-order valence-electron chi connectivity index (χ3n) is 3.52. The summed E-state index contributed by atoms with van der Waals surface area (Å²) in [6, 6.07) is 11.0. The van der Waals surface area contributed by atoms with Crippen LogP contribution in [0.1, 0.15) is 18.4 Å². The number of halogens is 3. The number of nitrogens with one attached hydrogen (secondary N) is 2. The fourth-order valence-electron chi connectivity index (χ4n) is 2.22. The summed E-state index contributed by atoms with van der Waals surface area (Å²) in [5.41, 5.74) is 0.438. The van der Waals surface area contributed by atoms with Gasteiger partial charge in [-0.15, -0.1) is 0 Å². The van der Waals surface area contributed by atoms with Gasteiger partial charge in [-0.3, -0.25) is 4.79 Å². The average Bonchev–Trinajstić information content (AvgIpc) is 2.66. The Kier molecular flexibility index (Phi) is 7.64. The van der Waals surface area contributed by atoms with Crippen molar-refractivity contribution >= 4 is 11.6 Å². The minimum Gasteiger partial charge on any atom is -0.494 e. The number of carbonyl (C=O) groups is 1. The van der Waals surface area contributed by atoms with Gasteiger partial charge in [0.15, 0.2) is 17.5 Å². The average molecular weight is 377 g/mol. The zero-order valence-electron chi connectivity index (χ0n) is 14.4. The number of hydrogen-bond donors (Lipinski definition) is 2. The Morgan fingerprint density at radius 1 is 1.15 bits per heavy atom. The zero-order valence-corrected chi connectivity index (χ0v) is 14.4. The highest BCUT2D eigenvalue weighted by Crippen LogP contribution is 2.19. The van der Waals surface area contributed by atoms with E-state index in [0.717, 1.165) is 17.7 Å². The van der Waals surface area contributed by atoms with Crippen LogP contribution in [0.4, 0.5) is 18.9 Å². The fraction of sp³-hybridized carbons (Fsp3) is 0.263. The molecule has 0 radical (unpaired) electrons. The van der Waals surface area contributed by atoms with Crippen molar-refractivity contribution in [2.24, 2.45) is 0 Å². The number of hydrogen-bond acceptors (Lipinski definition) is 4. The number of ether oxygens (including phenoxy) is 1. The first-order chi connectivity index (χ1) is 13.0. The van der Waals surface area contributed by atoms with E-state index in [1.807, 2.05) is 12.1 Å². The van der Waals surface area contributed by atoms with Crippen LogP contribution >= 0.6 is 0 Å². The summed E-state index contributed by atoms with van der Waals surface area (Å²) >= 11 is 0. The fourth-order valence-corrected chi connectivity index (χ4v) is 2.22. The Morgan fingerprint density at radius 3 is 2.74 bits per heavy atom. The standard InChI is InChI=1S/C19H18F3N3O2/c20-15-6-7-16(19(22)18(15)21)25-17(26)12-24-11-13-4-3-5-14(10-13)27-9-2-1-8-23/h3-7,10,24H,1-2,9,11-12H2,(H,25,26). The second-order valence-electron chi connectivity index (χ2n) is 5.63. The topological polar surface area (TPSA) is 74.1 Å². The molecule has 0 aliphatic heterocycles. The molecule has 2 rings (SSSR count). The molecular formula is C19H18F3N3O2. The molecule has 0 saturated heterocycles. The van der Waals surface area contributed by atoms with Crippen LogP contribution in [0.5, 0.6) is 5.75 Å². The lowest BCUT2D eigenvalue weighted by Crippen LogP contribution is -2.28. The largest absolute Gasteiger partial charge is 0.494 e. The third-order valence-corrected chi connectivity index (χ3v) is 3.52. The number of amides is 1. The summed E-state index contributed by atoms with van der Waals surface area (Å²) in [5.74, 6) is -4.33. The molecule has 0 atom stereocenters. The molecule has 0 bridgehead atoms. The quantitative estimate of drug-likeness (QED) is 0.518. The van der Waals surface area contributed by atoms with Crippen molar-refractivity contribution in [3.63, 3.8) is 0 Å². The van der Waals surface area contributed by atoms with Gasteiger partial charge in [0.05, 0.1) is 24.9 Å². The van der Waals surface area contributed by atoms with Gasteiger partial charge in [0.2, 0.25) is 5.91 Å². The molecule has 2 aromatic carbocycles. The van der Waals surface area contributed by atoms with Crippen LogP contribution in [0.25, 0.3) is 0 Å². The van der Waals surface area contributed by atoms with E-state index in [1.54, 1.807) is 18.2 Å². The van der Waals surface area contributed by atoms with Crippen LogP contribution in [0.2, 0.25) is 0 Å². The highest BCUT2D eigenvalue weighted by atomic mass is 19.2. The van der Waals surface area contributed by atoms with Crippen LogP contribution in [0, 0.1) is 28.8 Å². The van der Waals surface area contributed by atoms with E-state index < -0.39 is 29.0 Å². The maximum Gasteiger partial charge on any atom is 0.238 e. The van der Waals surface area contributed by atoms with Crippen molar-refractivity contribution in [1.29, 1.82) is 5.26 Å². The number of nitriles is 1. The number of unbranched alkanes of at least 4 members (excludes halogenated alkanes) is 1. The molecule has 0 unspecified atom stereocenters. The van der Waals surface area contributed by atoms with Crippen molar-refractivity contribution in [3.8, 4) is 11.8 Å². The van der Waals surface area contributed by atoms with Gasteiger partial charge >= 0.3 is 0 Å². The molecule has 0 fully saturated rings. The lowest BCUT2D eigenvalue weighted by Gasteiger charge is -2.10. The van der Waals surface area contributed by atoms with E-state index in [9.17, 15) is 18.0 Å². The molecule has 0 aliphatic rings. The van der Waals surface area contributed by atoms with Crippen molar-refractivity contribution in [3.05, 3.63) is 59.4 Å². The van der Waals surface area contributed by atoms with E-state index in [-0.39, 0.29) is 6.54 Å². The number of benzene rings is 2. The summed E-state index contributed by atoms with van der Waals surface area (Å²) in [7, 11) is 0. The summed E-state index contributed by atoms with van der Waals surface area (Å²) < 4.78 is 45.1. The summed E-state index contributed by atoms with van der Waals surface area (Å²) in [6.07, 6.45) is 1.06. The first kappa shape index (κ1) is 20.3. The highest BCUT2D eigenvalue weighted by molar-refractivity contribution is 5.92. The summed E-state index contributed by atoms with van der Waals surface area (Å²) in [6.45, 7) is 0.640. The van der Waals surface area contributed by atoms with Crippen molar-refractivity contribution in [1.82, 2.24) is 5.32 Å². The molecule has 0 spiro atoms. The molecule has 5 nitrogen and oxygen atoms in total. The van der Waals surface area contributed by atoms with Crippen LogP contribution in [0.15, 0.2) is 36.4 Å². The van der Waals surface area contributed by atoms with E-state index in [1.165, 1.54) is 0 Å². The third kappa shape index (κ3) is 6.31. The molecule has 142 valence electrons. The molecule has 1 amide bonds. The lowest BCUT2D eigenvalue weighted by atomic mass is 10.2. The first-order valence-corrected chi connectivity index (χ1v) is 8.24. The van der Waals surface area contributed by atoms with Gasteiger partial charge in [-0.25, -0.2) is 13.2 Å². The Morgan fingerprint density at radius 2 is 1.96 bits per heavy atom. The van der Waals surface area contributed by atoms with Crippen LogP contribution < -0.4 is 15.4 Å². The van der Waals surface area contributed by atoms with Gasteiger partial charge in [-0.05, 0) is 36.2 Å². The minimum absolute atomic E-state index is 0.147. The van der Waals surface area contributed by atoms with Crippen molar-refractivity contribution in [2.75, 3.05) is 18.5 Å². The number of carbonyl (C=O) groups excluding carboxylic acids is 1. The SMILES string of the molecule is N#CCCCOc1cccc(CNCC(=O)Nc2ccc(F)c(F)c2F)c1. The molecule has 0 aromatic heterocycles. The van der Waals surface area contributed by atoms with Crippen LogP contribution in [0.3, 0.4) is 0 Å². The summed E-state index contributed by atoms with van der Waals surface area (Å²) in [5, 5.41) is 13.5. The number of nitrogens with zero attached hydrogens (tertiary/aromatic N) is 1. The molecule has 0 aliphatic carbocycles. The number of rotatable bonds is 9. The second-order valence-corrected chi connectivity index (χ2v) is 5.63. The van der Waals surface area contributed by atoms with E-state index in [2.05, 4.69) is 10.6 Å². The van der Waals surface area contributed by atoms with Gasteiger partial charge in [0.1, 0.15) is 5.75 Å². The van der Waals surface area contributed by atoms with Gasteiger partial charge in [-0.2, -0.15) is 5.26 Å². The second kappa shape index (κ2) is 10.2. The predicted octanol–water partition coefficient (Wildman–Crippen LogP) is 3.51. The lowest BCUT2D eigenvalue weighted by molar-refractivity contribution is -0.115. The van der Waals surface area contributed by atoms with Gasteiger partial charge in [-0.1, -0.05) is 12.1 Å². The molecular weight excluding hydrogens is 359 g/mol. The Bertz CT molecular complexity index is 837. The van der Waals surface area contributed by atoms with Crippen molar-refractivity contribution in [2.45, 2.75) is 19.4 Å². The molecule has 0 heterocycles. The maximum absolute atomic E-state index is 13.5. The molecule has 8 heteroatoms. The zero-order chi connectivity index (χ0) is 19.6. The highest BCUT2D eigenvalue weighted by Gasteiger charge is 2.14.